The SMILES string of the molecule is Cc1cn(-c2ccccc2)c2cc(-n3c4ccc(-c5ccccc5)cc4c4cc(-c5ccccc5)ccc43)ccc2c1=O. The van der Waals surface area contributed by atoms with Crippen LogP contribution in [-0.4, -0.2) is 9.13 Å². The highest BCUT2D eigenvalue weighted by atomic mass is 16.1. The number of rotatable bonds is 4. The molecule has 0 radical (unpaired) electrons. The number of nitrogens with zero attached hydrogens (tertiary/aromatic N) is 2. The van der Waals surface area contributed by atoms with E-state index in [0.717, 1.165) is 33.5 Å². The Morgan fingerprint density at radius 2 is 0.977 bits per heavy atom. The van der Waals surface area contributed by atoms with E-state index in [1.807, 2.05) is 37.4 Å². The van der Waals surface area contributed by atoms with Crippen molar-refractivity contribution in [1.29, 1.82) is 0 Å². The smallest absolute Gasteiger partial charge is 0.192 e. The Balaban J connectivity index is 1.43. The van der Waals surface area contributed by atoms with Gasteiger partial charge in [0, 0.05) is 39.3 Å². The molecule has 3 nitrogen and oxygen atoms in total. The Morgan fingerprint density at radius 1 is 0.442 bits per heavy atom. The Bertz CT molecular complexity index is 2250. The second-order valence-corrected chi connectivity index (χ2v) is 11.1. The maximum absolute atomic E-state index is 13.3. The van der Waals surface area contributed by atoms with Crippen LogP contribution in [0.1, 0.15) is 5.56 Å². The van der Waals surface area contributed by atoms with Gasteiger partial charge in [0.05, 0.1) is 16.6 Å². The largest absolute Gasteiger partial charge is 0.316 e. The fraction of sp³-hybridized carbons (Fsp3) is 0.0250. The summed E-state index contributed by atoms with van der Waals surface area (Å²) in [6.45, 7) is 1.89. The highest BCUT2D eigenvalue weighted by Crippen LogP contribution is 2.37. The highest BCUT2D eigenvalue weighted by Gasteiger charge is 2.16. The molecule has 0 saturated carbocycles. The second-order valence-electron chi connectivity index (χ2n) is 11.1. The van der Waals surface area contributed by atoms with Crippen molar-refractivity contribution < 1.29 is 0 Å². The van der Waals surface area contributed by atoms with Gasteiger partial charge >= 0.3 is 0 Å². The van der Waals surface area contributed by atoms with E-state index < -0.39 is 0 Å². The topological polar surface area (TPSA) is 26.9 Å². The van der Waals surface area contributed by atoms with E-state index in [9.17, 15) is 4.79 Å². The van der Waals surface area contributed by atoms with Crippen LogP contribution in [0.3, 0.4) is 0 Å². The zero-order chi connectivity index (χ0) is 28.9. The molecule has 3 heteroatoms. The van der Waals surface area contributed by atoms with E-state index >= 15 is 0 Å². The minimum Gasteiger partial charge on any atom is -0.316 e. The highest BCUT2D eigenvalue weighted by molar-refractivity contribution is 6.11. The van der Waals surface area contributed by atoms with Gasteiger partial charge in [0.1, 0.15) is 0 Å². The summed E-state index contributed by atoms with van der Waals surface area (Å²) in [5.74, 6) is 0. The lowest BCUT2D eigenvalue weighted by atomic mass is 10.0. The monoisotopic (exact) mass is 552 g/mol. The van der Waals surface area contributed by atoms with Crippen LogP contribution in [-0.2, 0) is 0 Å². The zero-order valence-corrected chi connectivity index (χ0v) is 23.7. The van der Waals surface area contributed by atoms with Gasteiger partial charge in [-0.2, -0.15) is 0 Å². The number of aromatic nitrogens is 2. The van der Waals surface area contributed by atoms with Crippen LogP contribution in [0.2, 0.25) is 0 Å². The van der Waals surface area contributed by atoms with Crippen molar-refractivity contribution in [2.24, 2.45) is 0 Å². The fourth-order valence-corrected chi connectivity index (χ4v) is 6.31. The van der Waals surface area contributed by atoms with Gasteiger partial charge in [-0.25, -0.2) is 0 Å². The van der Waals surface area contributed by atoms with Crippen molar-refractivity contribution in [1.82, 2.24) is 9.13 Å². The van der Waals surface area contributed by atoms with E-state index in [2.05, 4.69) is 130 Å². The first-order chi connectivity index (χ1) is 21.2. The number of hydrogen-bond donors (Lipinski definition) is 0. The molecule has 0 atom stereocenters. The first kappa shape index (κ1) is 25.1. The fourth-order valence-electron chi connectivity index (χ4n) is 6.31. The predicted molar refractivity (Wildman–Crippen MR) is 179 cm³/mol. The van der Waals surface area contributed by atoms with Crippen molar-refractivity contribution in [3.63, 3.8) is 0 Å². The number of pyridine rings is 1. The molecule has 2 heterocycles. The summed E-state index contributed by atoms with van der Waals surface area (Å²) >= 11 is 0. The summed E-state index contributed by atoms with van der Waals surface area (Å²) < 4.78 is 4.46. The first-order valence-electron chi connectivity index (χ1n) is 14.6. The van der Waals surface area contributed by atoms with Gasteiger partial charge < -0.3 is 9.13 Å². The van der Waals surface area contributed by atoms with E-state index in [0.29, 0.717) is 5.39 Å². The van der Waals surface area contributed by atoms with Crippen LogP contribution in [0.4, 0.5) is 0 Å². The Hall–Kier alpha value is -5.67. The van der Waals surface area contributed by atoms with Crippen LogP contribution in [0, 0.1) is 6.92 Å². The molecule has 0 aliphatic heterocycles. The van der Waals surface area contributed by atoms with Crippen molar-refractivity contribution in [3.8, 4) is 33.6 Å². The van der Waals surface area contributed by atoms with E-state index in [-0.39, 0.29) is 5.43 Å². The lowest BCUT2D eigenvalue weighted by Gasteiger charge is -2.15. The zero-order valence-electron chi connectivity index (χ0n) is 23.7. The van der Waals surface area contributed by atoms with Gasteiger partial charge in [-0.1, -0.05) is 91.0 Å². The molecule has 2 aromatic heterocycles. The molecule has 0 unspecified atom stereocenters. The van der Waals surface area contributed by atoms with Crippen LogP contribution in [0.15, 0.2) is 157 Å². The molecule has 8 aromatic rings. The summed E-state index contributed by atoms with van der Waals surface area (Å²) in [4.78, 5) is 13.3. The Labute approximate surface area is 249 Å². The maximum atomic E-state index is 13.3. The number of aryl methyl sites for hydroxylation is 1. The lowest BCUT2D eigenvalue weighted by Crippen LogP contribution is -2.11. The predicted octanol–water partition coefficient (Wildman–Crippen LogP) is 9.73. The molecule has 0 aliphatic rings. The number of hydrogen-bond acceptors (Lipinski definition) is 1. The summed E-state index contributed by atoms with van der Waals surface area (Å²) in [5.41, 5.74) is 10.7. The third-order valence-corrected chi connectivity index (χ3v) is 8.44. The third kappa shape index (κ3) is 4.17. The molecule has 0 fully saturated rings. The van der Waals surface area contributed by atoms with Crippen molar-refractivity contribution >= 4 is 32.7 Å². The molecular formula is C40H28N2O. The summed E-state index contributed by atoms with van der Waals surface area (Å²) in [6, 6.07) is 51.0. The molecule has 204 valence electrons. The Morgan fingerprint density at radius 3 is 1.53 bits per heavy atom. The van der Waals surface area contributed by atoms with Gasteiger partial charge in [-0.05, 0) is 83.8 Å². The molecule has 0 spiro atoms. The number of benzene rings is 6. The van der Waals surface area contributed by atoms with Crippen molar-refractivity contribution in [2.75, 3.05) is 0 Å². The molecule has 43 heavy (non-hydrogen) atoms. The van der Waals surface area contributed by atoms with Crippen LogP contribution < -0.4 is 5.43 Å². The summed E-state index contributed by atoms with van der Waals surface area (Å²) in [7, 11) is 0. The number of para-hydroxylation sites is 1. The van der Waals surface area contributed by atoms with Crippen molar-refractivity contribution in [3.05, 3.63) is 168 Å². The molecule has 0 saturated heterocycles. The average Bonchev–Trinajstić information content (AvgIpc) is 3.40. The molecular weight excluding hydrogens is 524 g/mol. The van der Waals surface area contributed by atoms with Gasteiger partial charge in [-0.3, -0.25) is 4.79 Å². The average molecular weight is 553 g/mol. The minimum atomic E-state index is 0.0657. The van der Waals surface area contributed by atoms with Crippen molar-refractivity contribution in [2.45, 2.75) is 6.92 Å². The van der Waals surface area contributed by atoms with Gasteiger partial charge in [0.15, 0.2) is 5.43 Å². The van der Waals surface area contributed by atoms with Gasteiger partial charge in [0.2, 0.25) is 0 Å². The quantitative estimate of drug-likeness (QED) is 0.213. The summed E-state index contributed by atoms with van der Waals surface area (Å²) in [5, 5.41) is 3.10. The van der Waals surface area contributed by atoms with E-state index in [4.69, 9.17) is 0 Å². The number of fused-ring (bicyclic) bond motifs is 4. The molecule has 0 amide bonds. The van der Waals surface area contributed by atoms with E-state index in [1.54, 1.807) is 0 Å². The van der Waals surface area contributed by atoms with Crippen LogP contribution in [0.5, 0.6) is 0 Å². The van der Waals surface area contributed by atoms with Crippen LogP contribution in [0.25, 0.3) is 66.3 Å². The molecule has 0 N–H and O–H groups in total. The van der Waals surface area contributed by atoms with E-state index in [1.165, 1.54) is 33.0 Å². The minimum absolute atomic E-state index is 0.0657. The third-order valence-electron chi connectivity index (χ3n) is 8.44. The normalized spacial score (nSPS) is 11.5. The first-order valence-corrected chi connectivity index (χ1v) is 14.6. The van der Waals surface area contributed by atoms with Gasteiger partial charge in [0.25, 0.3) is 0 Å². The maximum Gasteiger partial charge on any atom is 0.192 e. The van der Waals surface area contributed by atoms with Crippen LogP contribution >= 0.6 is 0 Å². The summed E-state index contributed by atoms with van der Waals surface area (Å²) in [6.07, 6.45) is 1.95. The molecule has 6 aromatic carbocycles. The lowest BCUT2D eigenvalue weighted by molar-refractivity contribution is 1.07. The molecule has 0 bridgehead atoms. The second kappa shape index (κ2) is 10.0. The Kier molecular flexibility index (Phi) is 5.83. The van der Waals surface area contributed by atoms with Gasteiger partial charge in [-0.15, -0.1) is 0 Å². The standard InChI is InChI=1S/C40H28N2O/c1-27-26-41(32-15-9-4-10-16-32)39-25-33(19-20-34(39)40(27)43)42-37-21-17-30(28-11-5-2-6-12-28)23-35(37)36-24-31(18-22-38(36)42)29-13-7-3-8-14-29/h2-26H,1H3. The molecule has 0 aliphatic carbocycles. The molecule has 8 rings (SSSR count).